The molecule has 1 aromatic carbocycles. The Morgan fingerprint density at radius 1 is 1.48 bits per heavy atom. The van der Waals surface area contributed by atoms with Gasteiger partial charge in [-0.3, -0.25) is 4.79 Å². The second-order valence-corrected chi connectivity index (χ2v) is 5.37. The second kappa shape index (κ2) is 8.20. The minimum absolute atomic E-state index is 0. The Labute approximate surface area is 130 Å². The van der Waals surface area contributed by atoms with Gasteiger partial charge in [0.2, 0.25) is 5.91 Å². The number of benzene rings is 1. The van der Waals surface area contributed by atoms with Crippen molar-refractivity contribution in [3.8, 4) is 5.75 Å². The van der Waals surface area contributed by atoms with Crippen molar-refractivity contribution in [1.29, 1.82) is 0 Å². The maximum atomic E-state index is 13.4. The zero-order valence-corrected chi connectivity index (χ0v) is 12.9. The first-order chi connectivity index (χ1) is 9.56. The van der Waals surface area contributed by atoms with Crippen molar-refractivity contribution in [2.45, 2.75) is 38.3 Å². The summed E-state index contributed by atoms with van der Waals surface area (Å²) in [4.78, 5) is 11.9. The molecular weight excluding hydrogens is 295 g/mol. The van der Waals surface area contributed by atoms with E-state index in [2.05, 4.69) is 5.32 Å². The number of nitrogens with two attached hydrogens (primary N) is 1. The van der Waals surface area contributed by atoms with Crippen LogP contribution in [0.3, 0.4) is 0 Å². The zero-order chi connectivity index (χ0) is 14.5. The largest absolute Gasteiger partial charge is 0.486 e. The molecule has 0 radical (unpaired) electrons. The Morgan fingerprint density at radius 3 is 2.81 bits per heavy atom. The molecule has 1 aromatic rings. The van der Waals surface area contributed by atoms with Crippen LogP contribution in [-0.2, 0) is 4.79 Å². The van der Waals surface area contributed by atoms with Crippen LogP contribution in [0.5, 0.6) is 5.75 Å². The van der Waals surface area contributed by atoms with Crippen LogP contribution in [0.4, 0.5) is 4.39 Å². The summed E-state index contributed by atoms with van der Waals surface area (Å²) in [6.07, 6.45) is 2.20. The molecule has 1 amide bonds. The van der Waals surface area contributed by atoms with Gasteiger partial charge in [0, 0.05) is 12.0 Å². The molecule has 3 unspecified atom stereocenters. The number of hydrogen-bond donors (Lipinski definition) is 2. The molecule has 0 spiro atoms. The Kier molecular flexibility index (Phi) is 6.92. The van der Waals surface area contributed by atoms with Gasteiger partial charge in [0.25, 0.3) is 0 Å². The second-order valence-electron chi connectivity index (χ2n) is 5.37. The number of carbonyl (C=O) groups is 1. The smallest absolute Gasteiger partial charge is 0.223 e. The molecule has 3 atom stereocenters. The highest BCUT2D eigenvalue weighted by molar-refractivity contribution is 5.85. The molecule has 4 nitrogen and oxygen atoms in total. The molecule has 0 aliphatic heterocycles. The molecule has 2 rings (SSSR count). The lowest BCUT2D eigenvalue weighted by Gasteiger charge is -2.17. The molecule has 118 valence electrons. The average molecular weight is 317 g/mol. The lowest BCUT2D eigenvalue weighted by molar-refractivity contribution is -0.125. The summed E-state index contributed by atoms with van der Waals surface area (Å²) in [6, 6.07) is 6.38. The van der Waals surface area contributed by atoms with Crippen molar-refractivity contribution in [2.75, 3.05) is 6.54 Å². The summed E-state index contributed by atoms with van der Waals surface area (Å²) in [5.74, 6) is -0.169. The molecule has 6 heteroatoms. The third kappa shape index (κ3) is 5.17. The predicted molar refractivity (Wildman–Crippen MR) is 82.1 cm³/mol. The molecule has 1 aliphatic rings. The summed E-state index contributed by atoms with van der Waals surface area (Å²) in [5, 5.41) is 2.84. The fourth-order valence-corrected chi connectivity index (χ4v) is 2.44. The van der Waals surface area contributed by atoms with E-state index in [-0.39, 0.29) is 42.1 Å². The van der Waals surface area contributed by atoms with Crippen LogP contribution in [0.15, 0.2) is 24.3 Å². The van der Waals surface area contributed by atoms with Crippen molar-refractivity contribution < 1.29 is 13.9 Å². The number of rotatable bonds is 5. The van der Waals surface area contributed by atoms with E-state index in [1.54, 1.807) is 25.1 Å². The van der Waals surface area contributed by atoms with Gasteiger partial charge in [-0.15, -0.1) is 12.4 Å². The van der Waals surface area contributed by atoms with Gasteiger partial charge in [-0.25, -0.2) is 4.39 Å². The van der Waals surface area contributed by atoms with Crippen LogP contribution in [-0.4, -0.2) is 24.6 Å². The summed E-state index contributed by atoms with van der Waals surface area (Å²) in [6.45, 7) is 2.16. The third-order valence-corrected chi connectivity index (χ3v) is 3.57. The number of amides is 1. The highest BCUT2D eigenvalue weighted by Crippen LogP contribution is 2.24. The van der Waals surface area contributed by atoms with E-state index < -0.39 is 5.82 Å². The van der Waals surface area contributed by atoms with E-state index in [1.165, 1.54) is 6.07 Å². The van der Waals surface area contributed by atoms with Gasteiger partial charge in [-0.2, -0.15) is 0 Å². The van der Waals surface area contributed by atoms with E-state index in [1.807, 2.05) is 0 Å². The van der Waals surface area contributed by atoms with Crippen LogP contribution in [0.25, 0.3) is 0 Å². The number of carbonyl (C=O) groups excluding carboxylic acids is 1. The maximum absolute atomic E-state index is 13.4. The van der Waals surface area contributed by atoms with Crippen LogP contribution in [0.2, 0.25) is 0 Å². The molecule has 3 N–H and O–H groups in total. The fraction of sp³-hybridized carbons (Fsp3) is 0.533. The standard InChI is InChI=1S/C15H21FN2O2.ClH/c1-10(20-14-5-3-2-4-13(14)16)9-18-15(19)11-6-7-12(17)8-11;/h2-5,10-12H,6-9,17H2,1H3,(H,18,19);1H. The minimum Gasteiger partial charge on any atom is -0.486 e. The molecule has 0 bridgehead atoms. The third-order valence-electron chi connectivity index (χ3n) is 3.57. The fourth-order valence-electron chi connectivity index (χ4n) is 2.44. The lowest BCUT2D eigenvalue weighted by atomic mass is 10.1. The van der Waals surface area contributed by atoms with Gasteiger partial charge in [0.1, 0.15) is 6.10 Å². The highest BCUT2D eigenvalue weighted by atomic mass is 35.5. The highest BCUT2D eigenvalue weighted by Gasteiger charge is 2.27. The van der Waals surface area contributed by atoms with Crippen molar-refractivity contribution in [2.24, 2.45) is 11.7 Å². The minimum atomic E-state index is -0.396. The van der Waals surface area contributed by atoms with Gasteiger partial charge in [0.15, 0.2) is 11.6 Å². The zero-order valence-electron chi connectivity index (χ0n) is 12.0. The Morgan fingerprint density at radius 2 is 2.19 bits per heavy atom. The summed E-state index contributed by atoms with van der Waals surface area (Å²) in [7, 11) is 0. The summed E-state index contributed by atoms with van der Waals surface area (Å²) < 4.78 is 18.9. The SMILES string of the molecule is CC(CNC(=O)C1CCC(N)C1)Oc1ccccc1F.Cl. The first-order valence-corrected chi connectivity index (χ1v) is 7.00. The predicted octanol–water partition coefficient (Wildman–Crippen LogP) is 2.26. The van der Waals surface area contributed by atoms with E-state index in [0.29, 0.717) is 6.54 Å². The van der Waals surface area contributed by atoms with Crippen molar-refractivity contribution in [3.05, 3.63) is 30.1 Å². The molecule has 0 saturated heterocycles. The number of para-hydroxylation sites is 1. The number of halogens is 2. The van der Waals surface area contributed by atoms with Crippen molar-refractivity contribution >= 4 is 18.3 Å². The van der Waals surface area contributed by atoms with E-state index in [4.69, 9.17) is 10.5 Å². The van der Waals surface area contributed by atoms with E-state index in [0.717, 1.165) is 19.3 Å². The van der Waals surface area contributed by atoms with Crippen molar-refractivity contribution in [1.82, 2.24) is 5.32 Å². The first-order valence-electron chi connectivity index (χ1n) is 7.00. The number of hydrogen-bond acceptors (Lipinski definition) is 3. The quantitative estimate of drug-likeness (QED) is 0.876. The van der Waals surface area contributed by atoms with Crippen LogP contribution >= 0.6 is 12.4 Å². The lowest BCUT2D eigenvalue weighted by Crippen LogP contribution is -2.37. The monoisotopic (exact) mass is 316 g/mol. The topological polar surface area (TPSA) is 64.4 Å². The first kappa shape index (κ1) is 17.7. The molecule has 1 aliphatic carbocycles. The molecule has 1 fully saturated rings. The molecule has 21 heavy (non-hydrogen) atoms. The summed E-state index contributed by atoms with van der Waals surface area (Å²) >= 11 is 0. The maximum Gasteiger partial charge on any atom is 0.223 e. The molecule has 1 saturated carbocycles. The molecule has 0 aromatic heterocycles. The van der Waals surface area contributed by atoms with Gasteiger partial charge >= 0.3 is 0 Å². The number of ether oxygens (including phenoxy) is 1. The van der Waals surface area contributed by atoms with Gasteiger partial charge in [-0.1, -0.05) is 12.1 Å². The molecular formula is C15H22ClFN2O2. The normalized spacial score (nSPS) is 22.2. The Hall–Kier alpha value is -1.33. The van der Waals surface area contributed by atoms with Gasteiger partial charge < -0.3 is 15.8 Å². The van der Waals surface area contributed by atoms with Gasteiger partial charge in [0.05, 0.1) is 6.54 Å². The van der Waals surface area contributed by atoms with E-state index in [9.17, 15) is 9.18 Å². The Bertz CT molecular complexity index is 473. The number of nitrogens with one attached hydrogen (secondary N) is 1. The van der Waals surface area contributed by atoms with E-state index >= 15 is 0 Å². The van der Waals surface area contributed by atoms with Crippen molar-refractivity contribution in [3.63, 3.8) is 0 Å². The Balaban J connectivity index is 0.00000220. The summed E-state index contributed by atoms with van der Waals surface area (Å²) in [5.41, 5.74) is 5.79. The van der Waals surface area contributed by atoms with Crippen LogP contribution in [0.1, 0.15) is 26.2 Å². The van der Waals surface area contributed by atoms with Gasteiger partial charge in [-0.05, 0) is 38.3 Å². The van der Waals surface area contributed by atoms with Crippen LogP contribution in [0, 0.1) is 11.7 Å². The van der Waals surface area contributed by atoms with Crippen LogP contribution < -0.4 is 15.8 Å². The average Bonchev–Trinajstić information content (AvgIpc) is 2.85. The molecule has 0 heterocycles.